The van der Waals surface area contributed by atoms with Gasteiger partial charge in [-0.05, 0) is 17.7 Å². The van der Waals surface area contributed by atoms with Crippen LogP contribution in [-0.2, 0) is 4.74 Å². The molecule has 0 amide bonds. The van der Waals surface area contributed by atoms with E-state index >= 15 is 0 Å². The van der Waals surface area contributed by atoms with Crippen molar-refractivity contribution >= 4 is 17.9 Å². The maximum absolute atomic E-state index is 11.5. The maximum Gasteiger partial charge on any atom is 0.337 e. The first-order valence-corrected chi connectivity index (χ1v) is 8.18. The van der Waals surface area contributed by atoms with Gasteiger partial charge >= 0.3 is 5.97 Å². The molecular weight excluding hydrogens is 324 g/mol. The molecule has 0 N–H and O–H groups in total. The van der Waals surface area contributed by atoms with E-state index in [1.807, 2.05) is 60.7 Å². The van der Waals surface area contributed by atoms with Gasteiger partial charge in [-0.25, -0.2) is 4.79 Å². The predicted molar refractivity (Wildman–Crippen MR) is 104 cm³/mol. The van der Waals surface area contributed by atoms with E-state index in [2.05, 4.69) is 10.2 Å². The van der Waals surface area contributed by atoms with Crippen LogP contribution in [-0.4, -0.2) is 25.0 Å². The van der Waals surface area contributed by atoms with E-state index in [-0.39, 0.29) is 5.97 Å². The second-order valence-corrected chi connectivity index (χ2v) is 5.54. The first kappa shape index (κ1) is 17.3. The normalized spacial score (nSPS) is 10.5. The average molecular weight is 342 g/mol. The monoisotopic (exact) mass is 342 g/mol. The highest BCUT2D eigenvalue weighted by atomic mass is 16.5. The molecule has 0 radical (unpaired) electrons. The molecule has 0 aliphatic carbocycles. The van der Waals surface area contributed by atoms with Crippen molar-refractivity contribution < 1.29 is 9.53 Å². The van der Waals surface area contributed by atoms with Crippen molar-refractivity contribution in [3.63, 3.8) is 0 Å². The number of nitrogens with zero attached hydrogens (tertiary/aromatic N) is 2. The average Bonchev–Trinajstić information content (AvgIpc) is 2.72. The van der Waals surface area contributed by atoms with Crippen LogP contribution in [0, 0.1) is 0 Å². The van der Waals surface area contributed by atoms with Gasteiger partial charge in [0.1, 0.15) is 5.71 Å². The fourth-order valence-electron chi connectivity index (χ4n) is 2.45. The third kappa shape index (κ3) is 4.30. The van der Waals surface area contributed by atoms with Crippen molar-refractivity contribution in [2.45, 2.75) is 0 Å². The van der Waals surface area contributed by atoms with E-state index in [9.17, 15) is 4.79 Å². The molecule has 0 spiro atoms. The summed E-state index contributed by atoms with van der Waals surface area (Å²) in [5.41, 5.74) is 4.15. The van der Waals surface area contributed by atoms with E-state index in [1.165, 1.54) is 7.11 Å². The molecule has 0 atom stereocenters. The highest BCUT2D eigenvalue weighted by Crippen LogP contribution is 2.11. The van der Waals surface area contributed by atoms with Gasteiger partial charge in [0.2, 0.25) is 0 Å². The van der Waals surface area contributed by atoms with Crippen LogP contribution in [0.15, 0.2) is 95.1 Å². The molecule has 3 rings (SSSR count). The summed E-state index contributed by atoms with van der Waals surface area (Å²) in [6, 6.07) is 26.9. The van der Waals surface area contributed by atoms with Crippen LogP contribution >= 0.6 is 0 Å². The zero-order valence-electron chi connectivity index (χ0n) is 14.4. The van der Waals surface area contributed by atoms with E-state index in [1.54, 1.807) is 30.5 Å². The SMILES string of the molecule is COC(=O)c1ccc(C=NN=C(c2ccccc2)c2ccccc2)cc1. The van der Waals surface area contributed by atoms with Crippen LogP contribution < -0.4 is 0 Å². The highest BCUT2D eigenvalue weighted by Gasteiger charge is 2.06. The smallest absolute Gasteiger partial charge is 0.337 e. The standard InChI is InChI=1S/C22H18N2O2/c1-26-22(25)20-14-12-17(13-15-20)16-23-24-21(18-8-4-2-5-9-18)19-10-6-3-7-11-19/h2-16H,1H3. The molecule has 0 bridgehead atoms. The molecule has 0 fully saturated rings. The molecule has 3 aromatic rings. The molecule has 0 aromatic heterocycles. The molecule has 128 valence electrons. The topological polar surface area (TPSA) is 51.0 Å². The van der Waals surface area contributed by atoms with E-state index in [0.29, 0.717) is 5.56 Å². The molecule has 0 heterocycles. The van der Waals surface area contributed by atoms with Gasteiger partial charge in [0.15, 0.2) is 0 Å². The predicted octanol–water partition coefficient (Wildman–Crippen LogP) is 4.34. The van der Waals surface area contributed by atoms with Crippen LogP contribution in [0.4, 0.5) is 0 Å². The number of benzene rings is 3. The second kappa shape index (κ2) is 8.53. The van der Waals surface area contributed by atoms with Gasteiger partial charge in [-0.15, -0.1) is 5.10 Å². The lowest BCUT2D eigenvalue weighted by molar-refractivity contribution is 0.0600. The van der Waals surface area contributed by atoms with Gasteiger partial charge in [-0.3, -0.25) is 0 Å². The summed E-state index contributed by atoms with van der Waals surface area (Å²) in [5, 5.41) is 8.66. The van der Waals surface area contributed by atoms with Crippen LogP contribution in [0.3, 0.4) is 0 Å². The minimum atomic E-state index is -0.359. The zero-order chi connectivity index (χ0) is 18.2. The van der Waals surface area contributed by atoms with Crippen LogP contribution in [0.1, 0.15) is 27.0 Å². The summed E-state index contributed by atoms with van der Waals surface area (Å²) in [6.45, 7) is 0. The number of carbonyl (C=O) groups is 1. The minimum absolute atomic E-state index is 0.359. The van der Waals surface area contributed by atoms with Gasteiger partial charge in [0.25, 0.3) is 0 Å². The number of hydrogen-bond donors (Lipinski definition) is 0. The quantitative estimate of drug-likeness (QED) is 0.393. The minimum Gasteiger partial charge on any atom is -0.465 e. The van der Waals surface area contributed by atoms with Crippen LogP contribution in [0.5, 0.6) is 0 Å². The molecule has 0 unspecified atom stereocenters. The van der Waals surface area contributed by atoms with Crippen molar-refractivity contribution in [2.75, 3.05) is 7.11 Å². The Morgan fingerprint density at radius 3 is 1.81 bits per heavy atom. The number of rotatable bonds is 5. The van der Waals surface area contributed by atoms with Crippen molar-refractivity contribution in [2.24, 2.45) is 10.2 Å². The Morgan fingerprint density at radius 2 is 1.31 bits per heavy atom. The van der Waals surface area contributed by atoms with E-state index in [0.717, 1.165) is 22.4 Å². The lowest BCUT2D eigenvalue weighted by Crippen LogP contribution is -2.02. The lowest BCUT2D eigenvalue weighted by atomic mass is 10.0. The van der Waals surface area contributed by atoms with Gasteiger partial charge in [0.05, 0.1) is 18.9 Å². The zero-order valence-corrected chi connectivity index (χ0v) is 14.4. The Morgan fingerprint density at radius 1 is 0.769 bits per heavy atom. The molecule has 3 aromatic carbocycles. The molecule has 4 nitrogen and oxygen atoms in total. The van der Waals surface area contributed by atoms with Gasteiger partial charge in [-0.1, -0.05) is 72.8 Å². The summed E-state index contributed by atoms with van der Waals surface area (Å²) in [5.74, 6) is -0.359. The lowest BCUT2D eigenvalue weighted by Gasteiger charge is -2.05. The van der Waals surface area contributed by atoms with Crippen molar-refractivity contribution in [1.29, 1.82) is 0 Å². The van der Waals surface area contributed by atoms with E-state index < -0.39 is 0 Å². The number of carbonyl (C=O) groups excluding carboxylic acids is 1. The molecule has 0 saturated carbocycles. The van der Waals surface area contributed by atoms with Gasteiger partial charge < -0.3 is 4.74 Å². The Labute approximate surface area is 152 Å². The number of hydrogen-bond acceptors (Lipinski definition) is 4. The molecule has 0 aliphatic heterocycles. The number of ether oxygens (including phenoxy) is 1. The van der Waals surface area contributed by atoms with Crippen LogP contribution in [0.25, 0.3) is 0 Å². The molecule has 0 aliphatic rings. The Hall–Kier alpha value is -3.53. The first-order chi connectivity index (χ1) is 12.8. The Balaban J connectivity index is 1.87. The van der Waals surface area contributed by atoms with Crippen molar-refractivity contribution in [3.8, 4) is 0 Å². The van der Waals surface area contributed by atoms with Crippen molar-refractivity contribution in [3.05, 3.63) is 107 Å². The summed E-state index contributed by atoms with van der Waals surface area (Å²) in [7, 11) is 1.36. The number of esters is 1. The molecule has 0 saturated heterocycles. The second-order valence-electron chi connectivity index (χ2n) is 5.54. The van der Waals surface area contributed by atoms with E-state index in [4.69, 9.17) is 4.74 Å². The fourth-order valence-corrected chi connectivity index (χ4v) is 2.45. The Bertz CT molecular complexity index is 874. The largest absolute Gasteiger partial charge is 0.465 e. The summed E-state index contributed by atoms with van der Waals surface area (Å²) in [6.07, 6.45) is 1.66. The van der Waals surface area contributed by atoms with Crippen LogP contribution in [0.2, 0.25) is 0 Å². The number of methoxy groups -OCH3 is 1. The third-order valence-corrected chi connectivity index (χ3v) is 3.79. The maximum atomic E-state index is 11.5. The Kier molecular flexibility index (Phi) is 5.68. The summed E-state index contributed by atoms with van der Waals surface area (Å²) >= 11 is 0. The molecular formula is C22H18N2O2. The molecule has 26 heavy (non-hydrogen) atoms. The highest BCUT2D eigenvalue weighted by molar-refractivity contribution is 6.12. The van der Waals surface area contributed by atoms with Crippen molar-refractivity contribution in [1.82, 2.24) is 0 Å². The van der Waals surface area contributed by atoms with Gasteiger partial charge in [-0.2, -0.15) is 5.10 Å². The summed E-state index contributed by atoms with van der Waals surface area (Å²) in [4.78, 5) is 11.5. The summed E-state index contributed by atoms with van der Waals surface area (Å²) < 4.78 is 4.69. The van der Waals surface area contributed by atoms with Gasteiger partial charge in [0, 0.05) is 11.1 Å². The first-order valence-electron chi connectivity index (χ1n) is 8.18. The molecule has 4 heteroatoms. The fraction of sp³-hybridized carbons (Fsp3) is 0.0455. The third-order valence-electron chi connectivity index (χ3n) is 3.79.